The van der Waals surface area contributed by atoms with Crippen LogP contribution in [0.5, 0.6) is 11.5 Å². The van der Waals surface area contributed by atoms with Crippen LogP contribution < -0.4 is 20.5 Å². The topological polar surface area (TPSA) is 94.8 Å². The zero-order chi connectivity index (χ0) is 24.2. The molecule has 4 rings (SSSR count). The summed E-state index contributed by atoms with van der Waals surface area (Å²) in [6.45, 7) is 6.54. The number of carbonyl (C=O) groups excluding carboxylic acids is 1. The molecule has 34 heavy (non-hydrogen) atoms. The third kappa shape index (κ3) is 4.84. The van der Waals surface area contributed by atoms with E-state index in [1.165, 1.54) is 22.0 Å². The maximum absolute atomic E-state index is 13.2. The molecule has 0 aliphatic heterocycles. The first-order chi connectivity index (χ1) is 16.4. The molecule has 1 aromatic carbocycles. The Bertz CT molecular complexity index is 1280. The average molecular weight is 483 g/mol. The number of ether oxygens (including phenoxy) is 2. The summed E-state index contributed by atoms with van der Waals surface area (Å²) in [5.74, 6) is 1.47. The van der Waals surface area contributed by atoms with E-state index >= 15 is 0 Å². The van der Waals surface area contributed by atoms with E-state index in [1.807, 2.05) is 19.1 Å². The lowest BCUT2D eigenvalue weighted by atomic mass is 9.89. The lowest BCUT2D eigenvalue weighted by molar-refractivity contribution is -0.123. The van der Waals surface area contributed by atoms with Gasteiger partial charge in [-0.05, 0) is 67.9 Å². The van der Waals surface area contributed by atoms with Crippen LogP contribution in [0, 0.1) is 5.92 Å². The van der Waals surface area contributed by atoms with Crippen LogP contribution in [-0.2, 0) is 17.6 Å². The Morgan fingerprint density at radius 3 is 3.00 bits per heavy atom. The van der Waals surface area contributed by atoms with Gasteiger partial charge in [0.2, 0.25) is 0 Å². The summed E-state index contributed by atoms with van der Waals surface area (Å²) in [7, 11) is 1.58. The van der Waals surface area contributed by atoms with Gasteiger partial charge in [0.15, 0.2) is 11.5 Å². The summed E-state index contributed by atoms with van der Waals surface area (Å²) in [5.41, 5.74) is 4.21. The highest BCUT2D eigenvalue weighted by Gasteiger charge is 2.25. The van der Waals surface area contributed by atoms with Crippen LogP contribution in [0.25, 0.3) is 10.2 Å². The quantitative estimate of drug-likeness (QED) is 0.385. The average Bonchev–Trinajstić information content (AvgIpc) is 3.21. The summed E-state index contributed by atoms with van der Waals surface area (Å²) in [4.78, 5) is 32.5. The molecule has 0 spiro atoms. The third-order valence-electron chi connectivity index (χ3n) is 6.08. The number of hydrogen-bond acceptors (Lipinski definition) is 7. The number of fused-ring (bicyclic) bond motifs is 3. The molecule has 0 saturated carbocycles. The highest BCUT2D eigenvalue weighted by molar-refractivity contribution is 7.18. The SMILES string of the molecule is CCCOc1ccc(/C=N\NC(=O)[C@@H](C)n2cnc3sc4c(c3c2=O)CC[C@H](C)C4)cc1OC. The molecular formula is C25H30N4O4S. The number of nitrogens with one attached hydrogen (secondary N) is 1. The molecule has 180 valence electrons. The number of amides is 1. The number of methoxy groups -OCH3 is 1. The van der Waals surface area contributed by atoms with Crippen molar-refractivity contribution in [2.75, 3.05) is 13.7 Å². The summed E-state index contributed by atoms with van der Waals surface area (Å²) < 4.78 is 12.4. The lowest BCUT2D eigenvalue weighted by Crippen LogP contribution is -2.34. The fraction of sp³-hybridized carbons (Fsp3) is 0.440. The number of benzene rings is 1. The van der Waals surface area contributed by atoms with Crippen molar-refractivity contribution in [1.82, 2.24) is 15.0 Å². The highest BCUT2D eigenvalue weighted by Crippen LogP contribution is 2.35. The van der Waals surface area contributed by atoms with Crippen LogP contribution in [0.2, 0.25) is 0 Å². The van der Waals surface area contributed by atoms with Crippen LogP contribution in [0.4, 0.5) is 0 Å². The van der Waals surface area contributed by atoms with Crippen molar-refractivity contribution in [3.8, 4) is 11.5 Å². The number of nitrogens with zero attached hydrogens (tertiary/aromatic N) is 3. The molecule has 8 nitrogen and oxygen atoms in total. The fourth-order valence-electron chi connectivity index (χ4n) is 4.11. The van der Waals surface area contributed by atoms with Gasteiger partial charge in [0.05, 0.1) is 31.6 Å². The first kappa shape index (κ1) is 23.9. The van der Waals surface area contributed by atoms with Crippen molar-refractivity contribution in [3.05, 3.63) is 50.9 Å². The van der Waals surface area contributed by atoms with Crippen molar-refractivity contribution < 1.29 is 14.3 Å². The van der Waals surface area contributed by atoms with E-state index in [4.69, 9.17) is 9.47 Å². The first-order valence-corrected chi connectivity index (χ1v) is 12.4. The second-order valence-electron chi connectivity index (χ2n) is 8.66. The summed E-state index contributed by atoms with van der Waals surface area (Å²) in [6, 6.07) is 4.67. The number of aryl methyl sites for hydroxylation is 1. The summed E-state index contributed by atoms with van der Waals surface area (Å²) >= 11 is 1.60. The largest absolute Gasteiger partial charge is 0.493 e. The minimum atomic E-state index is -0.751. The van der Waals surface area contributed by atoms with Gasteiger partial charge in [-0.15, -0.1) is 11.3 Å². The molecule has 9 heteroatoms. The molecule has 3 aromatic rings. The van der Waals surface area contributed by atoms with Crippen LogP contribution in [0.15, 0.2) is 34.4 Å². The minimum Gasteiger partial charge on any atom is -0.493 e. The van der Waals surface area contributed by atoms with Gasteiger partial charge in [-0.2, -0.15) is 5.10 Å². The van der Waals surface area contributed by atoms with Crippen molar-refractivity contribution in [2.45, 2.75) is 52.5 Å². The number of carbonyl (C=O) groups is 1. The molecule has 0 fully saturated rings. The summed E-state index contributed by atoms with van der Waals surface area (Å²) in [5, 5.41) is 4.72. The van der Waals surface area contributed by atoms with Gasteiger partial charge in [-0.1, -0.05) is 13.8 Å². The lowest BCUT2D eigenvalue weighted by Gasteiger charge is -2.18. The molecule has 2 heterocycles. The zero-order valence-corrected chi connectivity index (χ0v) is 20.8. The molecule has 0 saturated heterocycles. The van der Waals surface area contributed by atoms with Gasteiger partial charge < -0.3 is 9.47 Å². The van der Waals surface area contributed by atoms with Gasteiger partial charge in [0, 0.05) is 4.88 Å². The first-order valence-electron chi connectivity index (χ1n) is 11.6. The van der Waals surface area contributed by atoms with E-state index in [2.05, 4.69) is 22.4 Å². The van der Waals surface area contributed by atoms with E-state index in [9.17, 15) is 9.59 Å². The number of thiophene rings is 1. The summed E-state index contributed by atoms with van der Waals surface area (Å²) in [6.07, 6.45) is 6.82. The smallest absolute Gasteiger partial charge is 0.263 e. The van der Waals surface area contributed by atoms with Gasteiger partial charge in [-0.3, -0.25) is 14.2 Å². The van der Waals surface area contributed by atoms with Gasteiger partial charge in [0.25, 0.3) is 11.5 Å². The Morgan fingerprint density at radius 2 is 2.24 bits per heavy atom. The predicted molar refractivity (Wildman–Crippen MR) is 134 cm³/mol. The van der Waals surface area contributed by atoms with Crippen molar-refractivity contribution in [1.29, 1.82) is 0 Å². The Hall–Kier alpha value is -3.20. The Morgan fingerprint density at radius 1 is 1.41 bits per heavy atom. The molecule has 0 bridgehead atoms. The van der Waals surface area contributed by atoms with Crippen LogP contribution in [0.1, 0.15) is 55.7 Å². The van der Waals surface area contributed by atoms with Crippen molar-refractivity contribution in [3.63, 3.8) is 0 Å². The second-order valence-corrected chi connectivity index (χ2v) is 9.74. The number of hydrazone groups is 1. The predicted octanol–water partition coefficient (Wildman–Crippen LogP) is 4.09. The maximum atomic E-state index is 13.2. The molecule has 0 unspecified atom stereocenters. The van der Waals surface area contributed by atoms with Gasteiger partial charge >= 0.3 is 0 Å². The van der Waals surface area contributed by atoms with Crippen LogP contribution in [0.3, 0.4) is 0 Å². The Balaban J connectivity index is 1.48. The second kappa shape index (κ2) is 10.4. The van der Waals surface area contributed by atoms with Crippen molar-refractivity contribution in [2.24, 2.45) is 11.0 Å². The van der Waals surface area contributed by atoms with E-state index in [1.54, 1.807) is 31.4 Å². The molecule has 1 aliphatic carbocycles. The third-order valence-corrected chi connectivity index (χ3v) is 7.24. The maximum Gasteiger partial charge on any atom is 0.263 e. The number of rotatable bonds is 8. The fourth-order valence-corrected chi connectivity index (χ4v) is 5.45. The molecule has 1 aliphatic rings. The van der Waals surface area contributed by atoms with Gasteiger partial charge in [-0.25, -0.2) is 10.4 Å². The Labute approximate surface area is 202 Å². The monoisotopic (exact) mass is 482 g/mol. The van der Waals surface area contributed by atoms with Crippen LogP contribution in [-0.4, -0.2) is 35.4 Å². The molecule has 2 atom stereocenters. The highest BCUT2D eigenvalue weighted by atomic mass is 32.1. The zero-order valence-electron chi connectivity index (χ0n) is 20.0. The standard InChI is InChI=1S/C25H30N4O4S/c1-5-10-33-19-9-7-17(12-20(19)32-4)13-27-28-23(30)16(3)29-14-26-24-22(25(29)31)18-8-6-15(2)11-21(18)34-24/h7,9,12-16H,5-6,8,10-11H2,1-4H3,(H,28,30)/b27-13-/t15-,16+/m0/s1. The number of aromatic nitrogens is 2. The minimum absolute atomic E-state index is 0.170. The number of hydrogen-bond donors (Lipinski definition) is 1. The van der Waals surface area contributed by atoms with E-state index in [-0.39, 0.29) is 5.56 Å². The molecular weight excluding hydrogens is 452 g/mol. The normalized spacial score (nSPS) is 16.4. The van der Waals surface area contributed by atoms with E-state index in [0.717, 1.165) is 41.6 Å². The Kier molecular flexibility index (Phi) is 7.31. The molecule has 0 radical (unpaired) electrons. The molecule has 2 aromatic heterocycles. The van der Waals surface area contributed by atoms with Crippen molar-refractivity contribution >= 4 is 33.7 Å². The molecule has 1 N–H and O–H groups in total. The van der Waals surface area contributed by atoms with Crippen LogP contribution >= 0.6 is 11.3 Å². The molecule has 1 amide bonds. The van der Waals surface area contributed by atoms with Gasteiger partial charge in [0.1, 0.15) is 10.9 Å². The van der Waals surface area contributed by atoms with E-state index < -0.39 is 11.9 Å². The van der Waals surface area contributed by atoms with E-state index in [0.29, 0.717) is 29.4 Å².